The second kappa shape index (κ2) is 8.01. The van der Waals surface area contributed by atoms with E-state index in [-0.39, 0.29) is 18.0 Å². The summed E-state index contributed by atoms with van der Waals surface area (Å²) in [5.74, 6) is -1.00. The molecule has 0 atom stereocenters. The predicted molar refractivity (Wildman–Crippen MR) is 118 cm³/mol. The Balaban J connectivity index is 1.49. The minimum Gasteiger partial charge on any atom is -0.477 e. The van der Waals surface area contributed by atoms with Crippen molar-refractivity contribution < 1.29 is 14.7 Å². The van der Waals surface area contributed by atoms with Gasteiger partial charge in [0.2, 0.25) is 5.91 Å². The average molecular weight is 408 g/mol. The van der Waals surface area contributed by atoms with Crippen molar-refractivity contribution in [3.8, 4) is 0 Å². The van der Waals surface area contributed by atoms with E-state index in [1.807, 2.05) is 11.0 Å². The maximum atomic E-state index is 13.1. The molecule has 2 heterocycles. The fraction of sp³-hybridized carbons (Fsp3) is 0.417. The van der Waals surface area contributed by atoms with Crippen LogP contribution in [0.25, 0.3) is 6.08 Å². The molecule has 2 N–H and O–H groups in total. The molecular weight excluding hydrogens is 378 g/mol. The molecular formula is C24H29N3O3. The number of anilines is 1. The first-order valence-electron chi connectivity index (χ1n) is 10.6. The fourth-order valence-corrected chi connectivity index (χ4v) is 4.74. The molecule has 6 heteroatoms. The van der Waals surface area contributed by atoms with Crippen molar-refractivity contribution in [2.75, 3.05) is 31.1 Å². The molecule has 30 heavy (non-hydrogen) atoms. The van der Waals surface area contributed by atoms with Gasteiger partial charge in [0.05, 0.1) is 6.42 Å². The Hall–Kier alpha value is -3.02. The zero-order valence-electron chi connectivity index (χ0n) is 17.9. The number of carboxylic acids is 1. The molecule has 2 aromatic rings. The quantitative estimate of drug-likeness (QED) is 0.812. The third-order valence-corrected chi connectivity index (χ3v) is 6.32. The highest BCUT2D eigenvalue weighted by molar-refractivity contribution is 5.92. The smallest absolute Gasteiger partial charge is 0.352 e. The molecule has 1 aliphatic heterocycles. The lowest BCUT2D eigenvalue weighted by Gasteiger charge is -2.37. The van der Waals surface area contributed by atoms with Gasteiger partial charge in [0.1, 0.15) is 5.69 Å². The van der Waals surface area contributed by atoms with Crippen molar-refractivity contribution >= 4 is 23.6 Å². The third kappa shape index (κ3) is 3.74. The van der Waals surface area contributed by atoms with E-state index in [2.05, 4.69) is 48.9 Å². The van der Waals surface area contributed by atoms with Crippen LogP contribution in [0.5, 0.6) is 0 Å². The SMILES string of the molecule is CC1=Cc2c([nH]c(C(=O)O)c2CC(=O)N2CCN(c3c(C)cccc3C)CC2)CC1. The number of H-pyrrole nitrogens is 1. The van der Waals surface area contributed by atoms with Crippen molar-refractivity contribution in [2.45, 2.75) is 40.0 Å². The number of amides is 1. The van der Waals surface area contributed by atoms with Crippen molar-refractivity contribution in [2.24, 2.45) is 0 Å². The van der Waals surface area contributed by atoms with Crippen LogP contribution in [0.4, 0.5) is 5.69 Å². The first-order chi connectivity index (χ1) is 14.3. The number of aryl methyl sites for hydroxylation is 3. The second-order valence-corrected chi connectivity index (χ2v) is 8.45. The summed E-state index contributed by atoms with van der Waals surface area (Å²) in [6.45, 7) is 9.17. The van der Waals surface area contributed by atoms with E-state index in [1.54, 1.807) is 0 Å². The number of carboxylic acid groups (broad SMARTS) is 1. The number of nitrogens with one attached hydrogen (secondary N) is 1. The number of piperazine rings is 1. The Labute approximate surface area is 177 Å². The summed E-state index contributed by atoms with van der Waals surface area (Å²) in [4.78, 5) is 32.1. The van der Waals surface area contributed by atoms with Gasteiger partial charge in [-0.05, 0) is 50.3 Å². The maximum Gasteiger partial charge on any atom is 0.352 e. The van der Waals surface area contributed by atoms with Crippen LogP contribution in [0, 0.1) is 13.8 Å². The second-order valence-electron chi connectivity index (χ2n) is 8.45. The molecule has 4 rings (SSSR count). The molecule has 1 aromatic carbocycles. The summed E-state index contributed by atoms with van der Waals surface area (Å²) in [6.07, 6.45) is 3.87. The minimum absolute atomic E-state index is 0.00270. The van der Waals surface area contributed by atoms with Gasteiger partial charge >= 0.3 is 5.97 Å². The van der Waals surface area contributed by atoms with Gasteiger partial charge in [-0.1, -0.05) is 29.8 Å². The van der Waals surface area contributed by atoms with E-state index in [0.717, 1.165) is 37.2 Å². The van der Waals surface area contributed by atoms with Gasteiger partial charge in [-0.2, -0.15) is 0 Å². The highest BCUT2D eigenvalue weighted by Crippen LogP contribution is 2.30. The monoisotopic (exact) mass is 407 g/mol. The number of allylic oxidation sites excluding steroid dienone is 1. The van der Waals surface area contributed by atoms with Gasteiger partial charge < -0.3 is 19.9 Å². The lowest BCUT2D eigenvalue weighted by Crippen LogP contribution is -2.49. The molecule has 0 radical (unpaired) electrons. The highest BCUT2D eigenvalue weighted by atomic mass is 16.4. The van der Waals surface area contributed by atoms with Gasteiger partial charge in [0.25, 0.3) is 0 Å². The van der Waals surface area contributed by atoms with Gasteiger partial charge in [0.15, 0.2) is 0 Å². The van der Waals surface area contributed by atoms with Crippen LogP contribution in [-0.2, 0) is 17.6 Å². The van der Waals surface area contributed by atoms with E-state index in [9.17, 15) is 14.7 Å². The first kappa shape index (κ1) is 20.3. The van der Waals surface area contributed by atoms with Gasteiger partial charge in [-0.3, -0.25) is 4.79 Å². The molecule has 1 aliphatic carbocycles. The van der Waals surface area contributed by atoms with Crippen molar-refractivity contribution in [3.63, 3.8) is 0 Å². The Kier molecular flexibility index (Phi) is 5.41. The number of para-hydroxylation sites is 1. The van der Waals surface area contributed by atoms with E-state index in [0.29, 0.717) is 18.7 Å². The predicted octanol–water partition coefficient (Wildman–Crippen LogP) is 3.57. The summed E-state index contributed by atoms with van der Waals surface area (Å²) in [7, 11) is 0. The largest absolute Gasteiger partial charge is 0.477 e. The molecule has 1 saturated heterocycles. The minimum atomic E-state index is -1.00. The molecule has 158 valence electrons. The topological polar surface area (TPSA) is 76.6 Å². The van der Waals surface area contributed by atoms with Crippen LogP contribution < -0.4 is 4.90 Å². The number of hydrogen-bond acceptors (Lipinski definition) is 3. The number of hydrogen-bond donors (Lipinski definition) is 2. The fourth-order valence-electron chi connectivity index (χ4n) is 4.74. The summed E-state index contributed by atoms with van der Waals surface area (Å²) in [5.41, 5.74) is 7.60. The van der Waals surface area contributed by atoms with E-state index in [1.165, 1.54) is 22.4 Å². The van der Waals surface area contributed by atoms with E-state index < -0.39 is 5.97 Å². The van der Waals surface area contributed by atoms with Crippen LogP contribution in [0.15, 0.2) is 23.8 Å². The molecule has 1 fully saturated rings. The Morgan fingerprint density at radius 1 is 1.03 bits per heavy atom. The molecule has 0 saturated carbocycles. The number of carbonyl (C=O) groups excluding carboxylic acids is 1. The third-order valence-electron chi connectivity index (χ3n) is 6.32. The number of nitrogens with zero attached hydrogens (tertiary/aromatic N) is 2. The Bertz CT molecular complexity index is 1010. The molecule has 6 nitrogen and oxygen atoms in total. The van der Waals surface area contributed by atoms with Crippen molar-refractivity contribution in [1.29, 1.82) is 0 Å². The number of aromatic amines is 1. The summed E-state index contributed by atoms with van der Waals surface area (Å²) in [5, 5.41) is 9.63. The number of carbonyl (C=O) groups is 2. The van der Waals surface area contributed by atoms with Crippen LogP contribution >= 0.6 is 0 Å². The van der Waals surface area contributed by atoms with Gasteiger partial charge in [-0.25, -0.2) is 4.79 Å². The van der Waals surface area contributed by atoms with Crippen LogP contribution in [0.2, 0.25) is 0 Å². The highest BCUT2D eigenvalue weighted by Gasteiger charge is 2.28. The van der Waals surface area contributed by atoms with E-state index >= 15 is 0 Å². The number of aromatic carboxylic acids is 1. The zero-order chi connectivity index (χ0) is 21.4. The summed E-state index contributed by atoms with van der Waals surface area (Å²) < 4.78 is 0. The van der Waals surface area contributed by atoms with Gasteiger partial charge in [0, 0.05) is 43.1 Å². The molecule has 1 aromatic heterocycles. The summed E-state index contributed by atoms with van der Waals surface area (Å²) in [6, 6.07) is 6.32. The molecule has 0 bridgehead atoms. The number of fused-ring (bicyclic) bond motifs is 1. The summed E-state index contributed by atoms with van der Waals surface area (Å²) >= 11 is 0. The standard InChI is InChI=1S/C24H29N3O3/c1-15-7-8-20-18(13-15)19(22(25-20)24(29)30)14-21(28)26-9-11-27(12-10-26)23-16(2)5-4-6-17(23)3/h4-6,13,25H,7-12,14H2,1-3H3,(H,29,30). The molecule has 1 amide bonds. The number of rotatable bonds is 4. The van der Waals surface area contributed by atoms with Crippen molar-refractivity contribution in [3.05, 3.63) is 57.4 Å². The average Bonchev–Trinajstić information content (AvgIpc) is 3.06. The van der Waals surface area contributed by atoms with Gasteiger partial charge in [-0.15, -0.1) is 0 Å². The molecule has 0 unspecified atom stereocenters. The normalized spacial score (nSPS) is 16.3. The van der Waals surface area contributed by atoms with Crippen molar-refractivity contribution in [1.82, 2.24) is 9.88 Å². The molecule has 2 aliphatic rings. The zero-order valence-corrected chi connectivity index (χ0v) is 17.9. The van der Waals surface area contributed by atoms with E-state index in [4.69, 9.17) is 0 Å². The first-order valence-corrected chi connectivity index (χ1v) is 10.6. The number of benzene rings is 1. The van der Waals surface area contributed by atoms with Crippen LogP contribution in [-0.4, -0.2) is 53.0 Å². The molecule has 0 spiro atoms. The maximum absolute atomic E-state index is 13.1. The number of aromatic nitrogens is 1. The van der Waals surface area contributed by atoms with Crippen LogP contribution in [0.3, 0.4) is 0 Å². The Morgan fingerprint density at radius 2 is 1.70 bits per heavy atom. The van der Waals surface area contributed by atoms with Crippen LogP contribution in [0.1, 0.15) is 51.8 Å². The lowest BCUT2D eigenvalue weighted by atomic mass is 9.94. The Morgan fingerprint density at radius 3 is 2.33 bits per heavy atom. The lowest BCUT2D eigenvalue weighted by molar-refractivity contribution is -0.130.